The highest BCUT2D eigenvalue weighted by Gasteiger charge is 2.23. The molecule has 0 saturated carbocycles. The minimum absolute atomic E-state index is 0.0955. The van der Waals surface area contributed by atoms with E-state index in [2.05, 4.69) is 0 Å². The Balaban J connectivity index is 1.99. The van der Waals surface area contributed by atoms with E-state index in [1.54, 1.807) is 19.2 Å². The summed E-state index contributed by atoms with van der Waals surface area (Å²) in [7, 11) is 5.99. The molecule has 4 rings (SSSR count). The van der Waals surface area contributed by atoms with Crippen LogP contribution < -0.4 is 24.5 Å². The van der Waals surface area contributed by atoms with Crippen LogP contribution in [0.3, 0.4) is 0 Å². The molecule has 0 radical (unpaired) electrons. The van der Waals surface area contributed by atoms with Gasteiger partial charge in [-0.15, -0.1) is 0 Å². The quantitative estimate of drug-likeness (QED) is 0.263. The molecule has 0 fully saturated rings. The summed E-state index contributed by atoms with van der Waals surface area (Å²) in [5.74, 6) is 1.48. The maximum atomic E-state index is 14.8. The maximum Gasteiger partial charge on any atom is 0.267 e. The summed E-state index contributed by atoms with van der Waals surface area (Å²) in [6.45, 7) is 0. The van der Waals surface area contributed by atoms with Gasteiger partial charge in [0.15, 0.2) is 16.7 Å². The van der Waals surface area contributed by atoms with Gasteiger partial charge in [0.25, 0.3) is 5.56 Å². The second-order valence-corrected chi connectivity index (χ2v) is 8.07. The molecule has 0 aliphatic heterocycles. The van der Waals surface area contributed by atoms with E-state index in [-0.39, 0.29) is 16.8 Å². The van der Waals surface area contributed by atoms with E-state index in [1.807, 2.05) is 24.3 Å². The van der Waals surface area contributed by atoms with Crippen molar-refractivity contribution in [1.29, 1.82) is 0 Å². The summed E-state index contributed by atoms with van der Waals surface area (Å²) in [5, 5.41) is 0.499. The third-order valence-electron chi connectivity index (χ3n) is 5.28. The highest BCUT2D eigenvalue weighted by molar-refractivity contribution is 7.98. The van der Waals surface area contributed by atoms with Gasteiger partial charge in [-0.1, -0.05) is 42.1 Å². The number of hydrogen-bond donors (Lipinski definition) is 0. The van der Waals surface area contributed by atoms with Gasteiger partial charge in [0.05, 0.1) is 39.5 Å². The summed E-state index contributed by atoms with van der Waals surface area (Å²) in [4.78, 5) is 18.5. The number of methoxy groups -OCH3 is 4. The number of aromatic nitrogens is 2. The zero-order valence-corrected chi connectivity index (χ0v) is 19.9. The number of rotatable bonds is 8. The van der Waals surface area contributed by atoms with E-state index >= 15 is 0 Å². The summed E-state index contributed by atoms with van der Waals surface area (Å²) >= 11 is 1.28. The van der Waals surface area contributed by atoms with Crippen molar-refractivity contribution in [1.82, 2.24) is 9.55 Å². The van der Waals surface area contributed by atoms with Crippen molar-refractivity contribution < 1.29 is 23.3 Å². The van der Waals surface area contributed by atoms with Gasteiger partial charge < -0.3 is 18.9 Å². The van der Waals surface area contributed by atoms with Crippen LogP contribution in [-0.4, -0.2) is 38.0 Å². The summed E-state index contributed by atoms with van der Waals surface area (Å²) in [5.41, 5.74) is 0.832. The second-order valence-electron chi connectivity index (χ2n) is 7.13. The van der Waals surface area contributed by atoms with Crippen LogP contribution in [0.5, 0.6) is 23.0 Å². The predicted molar refractivity (Wildman–Crippen MR) is 130 cm³/mol. The van der Waals surface area contributed by atoms with E-state index < -0.39 is 11.4 Å². The van der Waals surface area contributed by atoms with Gasteiger partial charge in [0.1, 0.15) is 17.1 Å². The van der Waals surface area contributed by atoms with Crippen LogP contribution in [0, 0.1) is 5.82 Å². The number of halogens is 1. The molecular weight excluding hydrogens is 459 g/mol. The van der Waals surface area contributed by atoms with Crippen molar-refractivity contribution in [3.8, 4) is 28.7 Å². The van der Waals surface area contributed by atoms with Crippen LogP contribution in [-0.2, 0) is 5.75 Å². The first-order chi connectivity index (χ1) is 16.5. The molecule has 0 spiro atoms. The van der Waals surface area contributed by atoms with Crippen molar-refractivity contribution in [3.05, 3.63) is 76.3 Å². The molecule has 1 heterocycles. The average Bonchev–Trinajstić information content (AvgIpc) is 2.87. The molecule has 0 aliphatic carbocycles. The third kappa shape index (κ3) is 4.14. The van der Waals surface area contributed by atoms with Gasteiger partial charge in [-0.3, -0.25) is 9.36 Å². The van der Waals surface area contributed by atoms with E-state index in [9.17, 15) is 9.18 Å². The monoisotopic (exact) mass is 482 g/mol. The molecule has 0 aliphatic rings. The number of thioether (sulfide) groups is 1. The average molecular weight is 483 g/mol. The van der Waals surface area contributed by atoms with Crippen LogP contribution in [0.2, 0.25) is 0 Å². The van der Waals surface area contributed by atoms with Crippen LogP contribution in [0.4, 0.5) is 4.39 Å². The molecule has 1 aromatic heterocycles. The lowest BCUT2D eigenvalue weighted by atomic mass is 10.2. The first-order valence-corrected chi connectivity index (χ1v) is 11.3. The standard InChI is InChI=1S/C25H23FN2O5S/c1-30-19-12-8-5-9-15(19)14-34-25-27-21-16(13-20(31-2)22(32-3)23(21)33-4)24(29)28(25)18-11-7-6-10-17(18)26/h5-13H,14H2,1-4H3. The minimum atomic E-state index is -0.544. The fraction of sp³-hybridized carbons (Fsp3) is 0.200. The predicted octanol–water partition coefficient (Wildman–Crippen LogP) is 4.85. The highest BCUT2D eigenvalue weighted by Crippen LogP contribution is 2.42. The lowest BCUT2D eigenvalue weighted by Crippen LogP contribution is -2.23. The molecule has 34 heavy (non-hydrogen) atoms. The molecular formula is C25H23FN2O5S. The van der Waals surface area contributed by atoms with Crippen molar-refractivity contribution in [2.24, 2.45) is 0 Å². The Kier molecular flexibility index (Phi) is 6.93. The van der Waals surface area contributed by atoms with Gasteiger partial charge in [0.2, 0.25) is 5.75 Å². The van der Waals surface area contributed by atoms with Crippen molar-refractivity contribution in [2.45, 2.75) is 10.9 Å². The first kappa shape index (κ1) is 23.4. The van der Waals surface area contributed by atoms with Crippen molar-refractivity contribution >= 4 is 22.7 Å². The van der Waals surface area contributed by atoms with Gasteiger partial charge >= 0.3 is 0 Å². The number of ether oxygens (including phenoxy) is 4. The Bertz CT molecular complexity index is 1410. The summed E-state index contributed by atoms with van der Waals surface area (Å²) < 4.78 is 38.0. The molecule has 0 unspecified atom stereocenters. The molecule has 4 aromatic rings. The Labute approximate surface area is 200 Å². The van der Waals surface area contributed by atoms with E-state index in [0.29, 0.717) is 33.7 Å². The molecule has 0 saturated heterocycles. The molecule has 0 bridgehead atoms. The fourth-order valence-corrected chi connectivity index (χ4v) is 4.66. The first-order valence-electron chi connectivity index (χ1n) is 10.3. The summed E-state index contributed by atoms with van der Waals surface area (Å²) in [6.07, 6.45) is 0. The number of para-hydroxylation sites is 2. The SMILES string of the molecule is COc1ccccc1CSc1nc2c(OC)c(OC)c(OC)cc2c(=O)n1-c1ccccc1F. The maximum absolute atomic E-state index is 14.8. The molecule has 9 heteroatoms. The largest absolute Gasteiger partial charge is 0.496 e. The molecule has 0 atom stereocenters. The molecule has 3 aromatic carbocycles. The normalized spacial score (nSPS) is 10.9. The van der Waals surface area contributed by atoms with Crippen molar-refractivity contribution in [2.75, 3.05) is 28.4 Å². The van der Waals surface area contributed by atoms with Crippen molar-refractivity contribution in [3.63, 3.8) is 0 Å². The lowest BCUT2D eigenvalue weighted by molar-refractivity contribution is 0.326. The highest BCUT2D eigenvalue weighted by atomic mass is 32.2. The van der Waals surface area contributed by atoms with Crippen LogP contribution in [0.15, 0.2) is 64.5 Å². The topological polar surface area (TPSA) is 71.8 Å². The van der Waals surface area contributed by atoms with E-state index in [1.165, 1.54) is 55.9 Å². The Morgan fingerprint density at radius 3 is 2.24 bits per heavy atom. The van der Waals surface area contributed by atoms with Crippen LogP contribution in [0.1, 0.15) is 5.56 Å². The zero-order valence-electron chi connectivity index (χ0n) is 19.1. The van der Waals surface area contributed by atoms with Gasteiger partial charge in [0, 0.05) is 11.3 Å². The fourth-order valence-electron chi connectivity index (χ4n) is 3.67. The van der Waals surface area contributed by atoms with Crippen LogP contribution >= 0.6 is 11.8 Å². The smallest absolute Gasteiger partial charge is 0.267 e. The Hall–Kier alpha value is -3.72. The molecule has 176 valence electrons. The molecule has 0 amide bonds. The third-order valence-corrected chi connectivity index (χ3v) is 6.27. The van der Waals surface area contributed by atoms with Crippen LogP contribution in [0.25, 0.3) is 16.6 Å². The number of benzene rings is 3. The van der Waals surface area contributed by atoms with E-state index in [0.717, 1.165) is 5.56 Å². The molecule has 0 N–H and O–H groups in total. The van der Waals surface area contributed by atoms with Gasteiger partial charge in [-0.25, -0.2) is 9.37 Å². The second kappa shape index (κ2) is 10.0. The van der Waals surface area contributed by atoms with E-state index in [4.69, 9.17) is 23.9 Å². The number of hydrogen-bond acceptors (Lipinski definition) is 7. The minimum Gasteiger partial charge on any atom is -0.496 e. The summed E-state index contributed by atoms with van der Waals surface area (Å²) in [6, 6.07) is 15.2. The number of fused-ring (bicyclic) bond motifs is 1. The lowest BCUT2D eigenvalue weighted by Gasteiger charge is -2.18. The zero-order chi connectivity index (χ0) is 24.2. The molecule has 7 nitrogen and oxygen atoms in total. The van der Waals surface area contributed by atoms with Gasteiger partial charge in [-0.2, -0.15) is 0 Å². The number of nitrogens with zero attached hydrogens (tertiary/aromatic N) is 2. The van der Waals surface area contributed by atoms with Gasteiger partial charge in [-0.05, 0) is 24.3 Å². The Morgan fingerprint density at radius 2 is 1.56 bits per heavy atom. The Morgan fingerprint density at radius 1 is 0.882 bits per heavy atom.